The van der Waals surface area contributed by atoms with Crippen LogP contribution in [0.5, 0.6) is 5.75 Å². The van der Waals surface area contributed by atoms with Crippen molar-refractivity contribution in [2.75, 3.05) is 11.9 Å². The van der Waals surface area contributed by atoms with Crippen LogP contribution in [0.1, 0.15) is 42.2 Å². The maximum absolute atomic E-state index is 12.3. The minimum atomic E-state index is -0.330. The zero-order chi connectivity index (χ0) is 19.2. The van der Waals surface area contributed by atoms with Gasteiger partial charge in [-0.05, 0) is 43.7 Å². The first-order valence-corrected chi connectivity index (χ1v) is 8.95. The van der Waals surface area contributed by atoms with Crippen LogP contribution < -0.4 is 10.1 Å². The molecule has 0 unspecified atom stereocenters. The minimum absolute atomic E-state index is 0.0359. The van der Waals surface area contributed by atoms with Crippen molar-refractivity contribution in [1.82, 2.24) is 20.0 Å². The number of hydrogen-bond acceptors (Lipinski definition) is 6. The lowest BCUT2D eigenvalue weighted by Crippen LogP contribution is -2.12. The molecule has 1 aromatic carbocycles. The highest BCUT2D eigenvalue weighted by atomic mass is 16.5. The Hall–Kier alpha value is -3.16. The molecule has 0 aliphatic rings. The van der Waals surface area contributed by atoms with Gasteiger partial charge in [-0.25, -0.2) is 0 Å². The van der Waals surface area contributed by atoms with Crippen molar-refractivity contribution in [3.63, 3.8) is 0 Å². The van der Waals surface area contributed by atoms with E-state index in [0.717, 1.165) is 30.7 Å². The third-order valence-corrected chi connectivity index (χ3v) is 4.00. The quantitative estimate of drug-likeness (QED) is 0.610. The van der Waals surface area contributed by atoms with Crippen molar-refractivity contribution >= 4 is 11.9 Å². The number of aryl methyl sites for hydroxylation is 2. The van der Waals surface area contributed by atoms with Gasteiger partial charge >= 0.3 is 6.01 Å². The second-order valence-corrected chi connectivity index (χ2v) is 6.24. The van der Waals surface area contributed by atoms with Crippen molar-refractivity contribution in [1.29, 1.82) is 0 Å². The van der Waals surface area contributed by atoms with Gasteiger partial charge < -0.3 is 9.15 Å². The fourth-order valence-electron chi connectivity index (χ4n) is 2.60. The van der Waals surface area contributed by atoms with E-state index in [1.807, 2.05) is 13.0 Å². The van der Waals surface area contributed by atoms with Crippen molar-refractivity contribution < 1.29 is 13.9 Å². The number of benzene rings is 1. The summed E-state index contributed by atoms with van der Waals surface area (Å²) in [6, 6.07) is 8.82. The molecule has 0 spiro atoms. The molecule has 3 rings (SSSR count). The average Bonchev–Trinajstić information content (AvgIpc) is 3.25. The number of carbonyl (C=O) groups is 1. The molecule has 8 nitrogen and oxygen atoms in total. The van der Waals surface area contributed by atoms with E-state index >= 15 is 0 Å². The van der Waals surface area contributed by atoms with Crippen molar-refractivity contribution in [3.05, 3.63) is 41.6 Å². The minimum Gasteiger partial charge on any atom is -0.494 e. The van der Waals surface area contributed by atoms with E-state index < -0.39 is 0 Å². The first-order valence-electron chi connectivity index (χ1n) is 8.95. The molecule has 8 heteroatoms. The molecule has 0 fully saturated rings. The van der Waals surface area contributed by atoms with E-state index in [4.69, 9.17) is 9.15 Å². The Balaban J connectivity index is 1.60. The van der Waals surface area contributed by atoms with Gasteiger partial charge in [0, 0.05) is 12.6 Å². The van der Waals surface area contributed by atoms with Crippen LogP contribution in [0.25, 0.3) is 11.6 Å². The normalized spacial score (nSPS) is 10.8. The number of unbranched alkanes of at least 4 members (excludes halogenated alkanes) is 2. The van der Waals surface area contributed by atoms with Crippen LogP contribution in [0.4, 0.5) is 6.01 Å². The number of ether oxygens (including phenoxy) is 1. The Morgan fingerprint density at radius 2 is 2.00 bits per heavy atom. The summed E-state index contributed by atoms with van der Waals surface area (Å²) < 4.78 is 12.8. The maximum atomic E-state index is 12.3. The molecule has 3 aromatic rings. The number of carbonyl (C=O) groups excluding carboxylic acids is 1. The molecule has 0 radical (unpaired) electrons. The Labute approximate surface area is 157 Å². The summed E-state index contributed by atoms with van der Waals surface area (Å²) in [4.78, 5) is 12.3. The highest BCUT2D eigenvalue weighted by Crippen LogP contribution is 2.21. The number of nitrogens with zero attached hydrogens (tertiary/aromatic N) is 4. The summed E-state index contributed by atoms with van der Waals surface area (Å²) >= 11 is 0. The number of amides is 1. The lowest BCUT2D eigenvalue weighted by atomic mass is 10.2. The Bertz CT molecular complexity index is 898. The van der Waals surface area contributed by atoms with Crippen LogP contribution in [0.2, 0.25) is 0 Å². The van der Waals surface area contributed by atoms with E-state index in [9.17, 15) is 4.79 Å². The Morgan fingerprint density at radius 3 is 2.67 bits per heavy atom. The van der Waals surface area contributed by atoms with Gasteiger partial charge in [-0.2, -0.15) is 5.10 Å². The lowest BCUT2D eigenvalue weighted by molar-refractivity contribution is 0.102. The van der Waals surface area contributed by atoms with Crippen LogP contribution in [0.15, 0.2) is 34.7 Å². The standard InChI is InChI=1S/C19H23N5O3/c1-4-5-6-11-26-15-9-7-14(8-10-15)17(25)20-19-22-21-18(27-19)16-12-13(2)23-24(16)3/h7-10,12H,4-6,11H2,1-3H3,(H,20,22,25). The summed E-state index contributed by atoms with van der Waals surface area (Å²) in [5.41, 5.74) is 2.00. The third-order valence-electron chi connectivity index (χ3n) is 4.00. The number of aromatic nitrogens is 4. The second-order valence-electron chi connectivity index (χ2n) is 6.24. The van der Waals surface area contributed by atoms with Gasteiger partial charge in [0.2, 0.25) is 0 Å². The molecule has 0 saturated heterocycles. The number of rotatable bonds is 8. The first-order chi connectivity index (χ1) is 13.1. The topological polar surface area (TPSA) is 95.1 Å². The summed E-state index contributed by atoms with van der Waals surface area (Å²) in [6.07, 6.45) is 3.32. The molecular weight excluding hydrogens is 346 g/mol. The summed E-state index contributed by atoms with van der Waals surface area (Å²) in [5.74, 6) is 0.711. The van der Waals surface area contributed by atoms with E-state index in [-0.39, 0.29) is 11.9 Å². The van der Waals surface area contributed by atoms with Crippen LogP contribution >= 0.6 is 0 Å². The zero-order valence-electron chi connectivity index (χ0n) is 15.7. The third kappa shape index (κ3) is 4.72. The first kappa shape index (κ1) is 18.6. The molecule has 0 atom stereocenters. The fraction of sp³-hybridized carbons (Fsp3) is 0.368. The van der Waals surface area contributed by atoms with Gasteiger partial charge in [0.25, 0.3) is 11.8 Å². The van der Waals surface area contributed by atoms with Crippen LogP contribution in [0, 0.1) is 6.92 Å². The molecule has 27 heavy (non-hydrogen) atoms. The van der Waals surface area contributed by atoms with Crippen molar-refractivity contribution in [3.8, 4) is 17.3 Å². The predicted octanol–water partition coefficient (Wildman–Crippen LogP) is 3.60. The largest absolute Gasteiger partial charge is 0.494 e. The molecule has 2 aromatic heterocycles. The van der Waals surface area contributed by atoms with Crippen LogP contribution in [-0.2, 0) is 7.05 Å². The summed E-state index contributed by atoms with van der Waals surface area (Å²) in [7, 11) is 1.79. The van der Waals surface area contributed by atoms with E-state index in [2.05, 4.69) is 27.5 Å². The van der Waals surface area contributed by atoms with Gasteiger partial charge in [0.1, 0.15) is 11.4 Å². The van der Waals surface area contributed by atoms with Crippen LogP contribution in [-0.4, -0.2) is 32.5 Å². The molecule has 0 aliphatic heterocycles. The van der Waals surface area contributed by atoms with E-state index in [1.165, 1.54) is 0 Å². The van der Waals surface area contributed by atoms with Gasteiger partial charge in [-0.1, -0.05) is 24.9 Å². The lowest BCUT2D eigenvalue weighted by Gasteiger charge is -2.06. The highest BCUT2D eigenvalue weighted by Gasteiger charge is 2.15. The fourth-order valence-corrected chi connectivity index (χ4v) is 2.60. The molecule has 0 aliphatic carbocycles. The number of nitrogens with one attached hydrogen (secondary N) is 1. The maximum Gasteiger partial charge on any atom is 0.322 e. The molecule has 1 amide bonds. The van der Waals surface area contributed by atoms with Crippen LogP contribution in [0.3, 0.4) is 0 Å². The summed E-state index contributed by atoms with van der Waals surface area (Å²) in [5, 5.41) is 14.7. The smallest absolute Gasteiger partial charge is 0.322 e. The molecule has 142 valence electrons. The number of hydrogen-bond donors (Lipinski definition) is 1. The highest BCUT2D eigenvalue weighted by molar-refractivity contribution is 6.03. The molecule has 1 N–H and O–H groups in total. The second kappa shape index (κ2) is 8.48. The Morgan fingerprint density at radius 1 is 1.22 bits per heavy atom. The summed E-state index contributed by atoms with van der Waals surface area (Å²) in [6.45, 7) is 4.70. The zero-order valence-corrected chi connectivity index (χ0v) is 15.7. The number of anilines is 1. The van der Waals surface area contributed by atoms with Gasteiger partial charge in [-0.15, -0.1) is 5.10 Å². The van der Waals surface area contributed by atoms with E-state index in [1.54, 1.807) is 36.0 Å². The molecular formula is C19H23N5O3. The molecule has 2 heterocycles. The van der Waals surface area contributed by atoms with Crippen molar-refractivity contribution in [2.24, 2.45) is 7.05 Å². The van der Waals surface area contributed by atoms with Gasteiger partial charge in [0.05, 0.1) is 12.3 Å². The van der Waals surface area contributed by atoms with Gasteiger partial charge in [0.15, 0.2) is 0 Å². The molecule has 0 bridgehead atoms. The predicted molar refractivity (Wildman–Crippen MR) is 101 cm³/mol. The SMILES string of the molecule is CCCCCOc1ccc(C(=O)Nc2nnc(-c3cc(C)nn3C)o2)cc1. The molecule has 0 saturated carbocycles. The van der Waals surface area contributed by atoms with E-state index in [0.29, 0.717) is 23.8 Å². The Kier molecular flexibility index (Phi) is 5.85. The van der Waals surface area contributed by atoms with Gasteiger partial charge in [-0.3, -0.25) is 14.8 Å². The van der Waals surface area contributed by atoms with Crippen molar-refractivity contribution in [2.45, 2.75) is 33.1 Å². The average molecular weight is 369 g/mol. The monoisotopic (exact) mass is 369 g/mol.